The van der Waals surface area contributed by atoms with E-state index in [1.165, 1.54) is 22.9 Å². The molecule has 11 nitrogen and oxygen atoms in total. The summed E-state index contributed by atoms with van der Waals surface area (Å²) < 4.78 is 7.40. The van der Waals surface area contributed by atoms with E-state index in [2.05, 4.69) is 27.5 Å². The minimum Gasteiger partial charge on any atom is -0.451 e. The van der Waals surface area contributed by atoms with Gasteiger partial charge >= 0.3 is 0 Å². The first-order chi connectivity index (χ1) is 24.3. The van der Waals surface area contributed by atoms with Crippen LogP contribution in [0.4, 0.5) is 0 Å². The average Bonchev–Trinajstić information content (AvgIpc) is 3.68. The summed E-state index contributed by atoms with van der Waals surface area (Å²) in [5.74, 6) is -0.600. The Morgan fingerprint density at radius 2 is 1.76 bits per heavy atom. The molecular weight excluding hydrogens is 656 g/mol. The van der Waals surface area contributed by atoms with Gasteiger partial charge in [-0.2, -0.15) is 5.10 Å². The lowest BCUT2D eigenvalue weighted by molar-refractivity contribution is -0.135. The van der Waals surface area contributed by atoms with Crippen LogP contribution in [-0.4, -0.2) is 68.0 Å². The van der Waals surface area contributed by atoms with Gasteiger partial charge in [0.1, 0.15) is 24.3 Å². The molecule has 0 unspecified atom stereocenters. The summed E-state index contributed by atoms with van der Waals surface area (Å²) in [6, 6.07) is 20.6. The number of hydrogen-bond acceptors (Lipinski definition) is 7. The van der Waals surface area contributed by atoms with Crippen LogP contribution in [0, 0.1) is 0 Å². The first-order valence-electron chi connectivity index (χ1n) is 16.9. The number of carbonyl (C=O) groups excluding carboxylic acids is 3. The second-order valence-corrected chi connectivity index (χ2v) is 13.4. The van der Waals surface area contributed by atoms with Gasteiger partial charge in [0.15, 0.2) is 11.2 Å². The number of halogens is 1. The maximum atomic E-state index is 14.1. The second kappa shape index (κ2) is 14.7. The van der Waals surface area contributed by atoms with Crippen molar-refractivity contribution in [1.82, 2.24) is 29.9 Å². The van der Waals surface area contributed by atoms with Gasteiger partial charge in [0.25, 0.3) is 5.91 Å². The molecule has 2 saturated heterocycles. The summed E-state index contributed by atoms with van der Waals surface area (Å²) in [4.78, 5) is 61.1. The van der Waals surface area contributed by atoms with Gasteiger partial charge in [0, 0.05) is 50.1 Å². The van der Waals surface area contributed by atoms with Gasteiger partial charge in [-0.05, 0) is 78.6 Å². The lowest BCUT2D eigenvalue weighted by Gasteiger charge is -2.36. The molecule has 0 radical (unpaired) electrons. The molecule has 12 heteroatoms. The third kappa shape index (κ3) is 7.33. The molecule has 50 heavy (non-hydrogen) atoms. The van der Waals surface area contributed by atoms with E-state index >= 15 is 0 Å². The minimum absolute atomic E-state index is 0.188. The third-order valence-electron chi connectivity index (χ3n) is 9.66. The van der Waals surface area contributed by atoms with E-state index in [4.69, 9.17) is 16.0 Å². The normalized spacial score (nSPS) is 16.1. The Balaban J connectivity index is 1.07. The van der Waals surface area contributed by atoms with Crippen LogP contribution in [0.25, 0.3) is 16.7 Å². The molecule has 0 spiro atoms. The number of piperidine rings is 2. The van der Waals surface area contributed by atoms with Gasteiger partial charge in [0.2, 0.25) is 11.8 Å². The number of rotatable bonds is 9. The molecule has 0 bridgehead atoms. The monoisotopic (exact) mass is 692 g/mol. The van der Waals surface area contributed by atoms with Gasteiger partial charge in [-0.3, -0.25) is 19.2 Å². The number of amides is 3. The number of nitrogens with one attached hydrogen (secondary N) is 1. The van der Waals surface area contributed by atoms with Crippen molar-refractivity contribution in [3.63, 3.8) is 0 Å². The minimum atomic E-state index is -0.909. The Morgan fingerprint density at radius 3 is 2.52 bits per heavy atom. The predicted octanol–water partition coefficient (Wildman–Crippen LogP) is 5.29. The highest BCUT2D eigenvalue weighted by Crippen LogP contribution is 2.32. The molecule has 256 valence electrons. The summed E-state index contributed by atoms with van der Waals surface area (Å²) in [5, 5.41) is 7.82. The molecule has 1 N–H and O–H groups in total. The van der Waals surface area contributed by atoms with E-state index < -0.39 is 17.4 Å². The standard InChI is InChI=1S/C38H37ClN6O5/c39-28-10-8-25(9-11-28)19-32(42-37(48)35-21-33(46)31-20-29(12-13-34(31)50-35)45-24-40-23-41-45)38(49)43-17-14-26(15-18-43)30-6-2-1-5-27(30)22-44-16-4-3-7-36(44)47/h1-2,5-6,8-13,20-21,23-24,26,32H,3-4,7,14-19,22H2,(H,42,48)/t32-/m0/s1. The van der Waals surface area contributed by atoms with Crippen molar-refractivity contribution in [3.05, 3.63) is 123 Å². The Bertz CT molecular complexity index is 2070. The molecule has 4 heterocycles. The molecule has 5 aromatic rings. The molecule has 2 fully saturated rings. The van der Waals surface area contributed by atoms with Crippen molar-refractivity contribution in [2.45, 2.75) is 57.0 Å². The van der Waals surface area contributed by atoms with E-state index in [1.807, 2.05) is 29.2 Å². The summed E-state index contributed by atoms with van der Waals surface area (Å²) in [6.07, 6.45) is 7.24. The van der Waals surface area contributed by atoms with E-state index in [-0.39, 0.29) is 40.9 Å². The Hall–Kier alpha value is -5.29. The third-order valence-corrected chi connectivity index (χ3v) is 9.91. The number of fused-ring (bicyclic) bond motifs is 1. The highest BCUT2D eigenvalue weighted by Gasteiger charge is 2.32. The van der Waals surface area contributed by atoms with Crippen molar-refractivity contribution in [2.24, 2.45) is 0 Å². The zero-order chi connectivity index (χ0) is 34.6. The maximum Gasteiger partial charge on any atom is 0.287 e. The van der Waals surface area contributed by atoms with Crippen LogP contribution in [0.1, 0.15) is 65.3 Å². The lowest BCUT2D eigenvalue weighted by atomic mass is 9.86. The van der Waals surface area contributed by atoms with Crippen LogP contribution in [0.5, 0.6) is 0 Å². The zero-order valence-corrected chi connectivity index (χ0v) is 28.2. The Kier molecular flexibility index (Phi) is 9.75. The van der Waals surface area contributed by atoms with E-state index in [0.29, 0.717) is 36.8 Å². The number of nitrogens with zero attached hydrogens (tertiary/aromatic N) is 5. The topological polar surface area (TPSA) is 131 Å². The average molecular weight is 693 g/mol. The van der Waals surface area contributed by atoms with Crippen molar-refractivity contribution in [1.29, 1.82) is 0 Å². The fourth-order valence-corrected chi connectivity index (χ4v) is 7.09. The summed E-state index contributed by atoms with van der Waals surface area (Å²) >= 11 is 6.12. The van der Waals surface area contributed by atoms with Gasteiger partial charge in [-0.1, -0.05) is 48.0 Å². The van der Waals surface area contributed by atoms with E-state index in [1.54, 1.807) is 35.2 Å². The van der Waals surface area contributed by atoms with Crippen molar-refractivity contribution in [3.8, 4) is 5.69 Å². The van der Waals surface area contributed by atoms with Crippen LogP contribution >= 0.6 is 11.6 Å². The number of hydrogen-bond donors (Lipinski definition) is 1. The second-order valence-electron chi connectivity index (χ2n) is 12.9. The van der Waals surface area contributed by atoms with Gasteiger partial charge in [0.05, 0.1) is 11.1 Å². The molecule has 3 aromatic carbocycles. The Morgan fingerprint density at radius 1 is 0.960 bits per heavy atom. The molecule has 2 aliphatic rings. The fraction of sp³-hybridized carbons (Fsp3) is 0.316. The highest BCUT2D eigenvalue weighted by molar-refractivity contribution is 6.30. The maximum absolute atomic E-state index is 14.1. The van der Waals surface area contributed by atoms with Crippen molar-refractivity contribution in [2.75, 3.05) is 19.6 Å². The molecule has 3 amide bonds. The molecule has 7 rings (SSSR count). The molecule has 2 aliphatic heterocycles. The number of likely N-dealkylation sites (tertiary alicyclic amines) is 2. The van der Waals surface area contributed by atoms with E-state index in [0.717, 1.165) is 49.4 Å². The molecule has 2 aromatic heterocycles. The summed E-state index contributed by atoms with van der Waals surface area (Å²) in [6.45, 7) is 2.44. The molecule has 0 aliphatic carbocycles. The molecular formula is C38H37ClN6O5. The number of benzene rings is 3. The van der Waals surface area contributed by atoms with Crippen molar-refractivity contribution < 1.29 is 18.8 Å². The van der Waals surface area contributed by atoms with Gasteiger partial charge in [-0.25, -0.2) is 9.67 Å². The van der Waals surface area contributed by atoms with Crippen LogP contribution in [-0.2, 0) is 22.6 Å². The first-order valence-corrected chi connectivity index (χ1v) is 17.3. The number of carbonyl (C=O) groups is 3. The Labute approximate surface area is 293 Å². The smallest absolute Gasteiger partial charge is 0.287 e. The molecule has 0 saturated carbocycles. The van der Waals surface area contributed by atoms with Gasteiger partial charge in [-0.15, -0.1) is 0 Å². The van der Waals surface area contributed by atoms with E-state index in [9.17, 15) is 19.2 Å². The quantitative estimate of drug-likeness (QED) is 0.222. The SMILES string of the molecule is O=C(N[C@@H](Cc1ccc(Cl)cc1)C(=O)N1CCC(c2ccccc2CN2CCCCC2=O)CC1)c1cc(=O)c2cc(-n3cncn3)ccc2o1. The van der Waals surface area contributed by atoms with Crippen LogP contribution in [0.2, 0.25) is 5.02 Å². The molecule has 1 atom stereocenters. The first kappa shape index (κ1) is 33.2. The fourth-order valence-electron chi connectivity index (χ4n) is 6.97. The number of aromatic nitrogens is 3. The highest BCUT2D eigenvalue weighted by atomic mass is 35.5. The summed E-state index contributed by atoms with van der Waals surface area (Å²) in [5.41, 5.74) is 3.67. The van der Waals surface area contributed by atoms with Crippen molar-refractivity contribution >= 4 is 40.3 Å². The largest absolute Gasteiger partial charge is 0.451 e. The zero-order valence-electron chi connectivity index (χ0n) is 27.5. The summed E-state index contributed by atoms with van der Waals surface area (Å²) in [7, 11) is 0. The van der Waals surface area contributed by atoms with Gasteiger partial charge < -0.3 is 19.5 Å². The van der Waals surface area contributed by atoms with Crippen LogP contribution in [0.15, 0.2) is 94.7 Å². The lowest BCUT2D eigenvalue weighted by Crippen LogP contribution is -2.51. The van der Waals surface area contributed by atoms with Crippen LogP contribution < -0.4 is 10.7 Å². The van der Waals surface area contributed by atoms with Crippen LogP contribution in [0.3, 0.4) is 0 Å². The predicted molar refractivity (Wildman–Crippen MR) is 188 cm³/mol.